The van der Waals surface area contributed by atoms with Crippen LogP contribution < -0.4 is 5.32 Å². The van der Waals surface area contributed by atoms with Gasteiger partial charge in [-0.3, -0.25) is 0 Å². The molecule has 17 heavy (non-hydrogen) atoms. The van der Waals surface area contributed by atoms with Crippen LogP contribution in [0.5, 0.6) is 0 Å². The third-order valence-electron chi connectivity index (χ3n) is 3.72. The summed E-state index contributed by atoms with van der Waals surface area (Å²) in [5.41, 5.74) is 0.552. The summed E-state index contributed by atoms with van der Waals surface area (Å²) < 4.78 is 5.50. The van der Waals surface area contributed by atoms with Gasteiger partial charge in [-0.2, -0.15) is 0 Å². The molecule has 1 rings (SSSR count). The predicted molar refractivity (Wildman–Crippen MR) is 74.3 cm³/mol. The summed E-state index contributed by atoms with van der Waals surface area (Å²) in [7, 11) is 0. The van der Waals surface area contributed by atoms with Gasteiger partial charge in [0.15, 0.2) is 0 Å². The first-order valence-corrected chi connectivity index (χ1v) is 7.06. The molecule has 1 unspecified atom stereocenters. The molecule has 0 spiro atoms. The van der Waals surface area contributed by atoms with Crippen molar-refractivity contribution in [3.05, 3.63) is 12.7 Å². The highest BCUT2D eigenvalue weighted by molar-refractivity contribution is 4.79. The molecular weight excluding hydrogens is 210 g/mol. The molecule has 2 nitrogen and oxygen atoms in total. The van der Waals surface area contributed by atoms with E-state index in [0.29, 0.717) is 11.5 Å². The lowest BCUT2D eigenvalue weighted by Gasteiger charge is -2.22. The topological polar surface area (TPSA) is 21.3 Å². The SMILES string of the molecule is C=CCCOCCNC1CCCC(C)(C)CC1. The van der Waals surface area contributed by atoms with Crippen molar-refractivity contribution in [2.75, 3.05) is 19.8 Å². The van der Waals surface area contributed by atoms with Crippen molar-refractivity contribution in [1.29, 1.82) is 0 Å². The van der Waals surface area contributed by atoms with Crippen LogP contribution in [0.25, 0.3) is 0 Å². The minimum atomic E-state index is 0.552. The highest BCUT2D eigenvalue weighted by Gasteiger charge is 2.23. The molecule has 0 aliphatic heterocycles. The van der Waals surface area contributed by atoms with E-state index in [-0.39, 0.29) is 0 Å². The fourth-order valence-electron chi connectivity index (χ4n) is 2.47. The Balaban J connectivity index is 2.05. The molecule has 0 saturated heterocycles. The Morgan fingerprint density at radius 1 is 1.29 bits per heavy atom. The van der Waals surface area contributed by atoms with E-state index < -0.39 is 0 Å². The van der Waals surface area contributed by atoms with Gasteiger partial charge >= 0.3 is 0 Å². The van der Waals surface area contributed by atoms with Crippen LogP contribution in [0.2, 0.25) is 0 Å². The fraction of sp³-hybridized carbons (Fsp3) is 0.867. The van der Waals surface area contributed by atoms with Crippen molar-refractivity contribution in [2.24, 2.45) is 5.41 Å². The summed E-state index contributed by atoms with van der Waals surface area (Å²) in [6, 6.07) is 0.708. The van der Waals surface area contributed by atoms with Crippen LogP contribution in [0, 0.1) is 5.41 Å². The summed E-state index contributed by atoms with van der Waals surface area (Å²) in [5.74, 6) is 0. The molecule has 1 atom stereocenters. The van der Waals surface area contributed by atoms with Gasteiger partial charge in [-0.1, -0.05) is 26.3 Å². The zero-order valence-electron chi connectivity index (χ0n) is 11.6. The highest BCUT2D eigenvalue weighted by atomic mass is 16.5. The van der Waals surface area contributed by atoms with Gasteiger partial charge in [0.05, 0.1) is 13.2 Å². The van der Waals surface area contributed by atoms with E-state index in [4.69, 9.17) is 4.74 Å². The fourth-order valence-corrected chi connectivity index (χ4v) is 2.47. The Bertz CT molecular complexity index is 213. The number of rotatable bonds is 7. The van der Waals surface area contributed by atoms with Gasteiger partial charge in [0.25, 0.3) is 0 Å². The van der Waals surface area contributed by atoms with E-state index in [1.165, 1.54) is 32.1 Å². The molecule has 1 N–H and O–H groups in total. The molecule has 1 saturated carbocycles. The second-order valence-electron chi connectivity index (χ2n) is 5.94. The molecule has 100 valence electrons. The zero-order valence-corrected chi connectivity index (χ0v) is 11.6. The average Bonchev–Trinajstić information content (AvgIpc) is 2.45. The van der Waals surface area contributed by atoms with Crippen molar-refractivity contribution in [1.82, 2.24) is 5.32 Å². The summed E-state index contributed by atoms with van der Waals surface area (Å²) in [6.45, 7) is 11.1. The maximum Gasteiger partial charge on any atom is 0.0591 e. The van der Waals surface area contributed by atoms with E-state index in [9.17, 15) is 0 Å². The van der Waals surface area contributed by atoms with Gasteiger partial charge in [-0.05, 0) is 37.5 Å². The van der Waals surface area contributed by atoms with E-state index in [1.807, 2.05) is 6.08 Å². The lowest BCUT2D eigenvalue weighted by atomic mass is 9.85. The molecular formula is C15H29NO. The molecule has 0 radical (unpaired) electrons. The summed E-state index contributed by atoms with van der Waals surface area (Å²) >= 11 is 0. The van der Waals surface area contributed by atoms with E-state index >= 15 is 0 Å². The molecule has 0 amide bonds. The van der Waals surface area contributed by atoms with Gasteiger partial charge in [0, 0.05) is 12.6 Å². The second kappa shape index (κ2) is 7.88. The highest BCUT2D eigenvalue weighted by Crippen LogP contribution is 2.33. The molecule has 0 aromatic carbocycles. The zero-order chi connectivity index (χ0) is 12.6. The van der Waals surface area contributed by atoms with Crippen LogP contribution in [0.4, 0.5) is 0 Å². The third-order valence-corrected chi connectivity index (χ3v) is 3.72. The maximum absolute atomic E-state index is 5.50. The molecule has 1 aliphatic rings. The van der Waals surface area contributed by atoms with E-state index in [2.05, 4.69) is 25.7 Å². The lowest BCUT2D eigenvalue weighted by molar-refractivity contribution is 0.137. The Kier molecular flexibility index (Phi) is 6.83. The first-order chi connectivity index (χ1) is 8.14. The largest absolute Gasteiger partial charge is 0.380 e. The van der Waals surface area contributed by atoms with Crippen molar-refractivity contribution in [3.63, 3.8) is 0 Å². The average molecular weight is 239 g/mol. The van der Waals surface area contributed by atoms with E-state index in [0.717, 1.165) is 26.2 Å². The Hall–Kier alpha value is -0.340. The van der Waals surface area contributed by atoms with Crippen molar-refractivity contribution >= 4 is 0 Å². The van der Waals surface area contributed by atoms with Crippen LogP contribution in [0.3, 0.4) is 0 Å². The molecule has 0 heterocycles. The summed E-state index contributed by atoms with van der Waals surface area (Å²) in [6.07, 6.45) is 9.60. The molecule has 0 bridgehead atoms. The molecule has 0 aromatic rings. The first kappa shape index (κ1) is 14.7. The Morgan fingerprint density at radius 2 is 2.12 bits per heavy atom. The van der Waals surface area contributed by atoms with Gasteiger partial charge < -0.3 is 10.1 Å². The summed E-state index contributed by atoms with van der Waals surface area (Å²) in [4.78, 5) is 0. The summed E-state index contributed by atoms with van der Waals surface area (Å²) in [5, 5.41) is 3.63. The van der Waals surface area contributed by atoms with Crippen LogP contribution >= 0.6 is 0 Å². The number of hydrogen-bond acceptors (Lipinski definition) is 2. The number of ether oxygens (including phenoxy) is 1. The van der Waals surface area contributed by atoms with Crippen molar-refractivity contribution < 1.29 is 4.74 Å². The molecule has 1 fully saturated rings. The van der Waals surface area contributed by atoms with Crippen molar-refractivity contribution in [3.8, 4) is 0 Å². The van der Waals surface area contributed by atoms with Gasteiger partial charge in [-0.25, -0.2) is 0 Å². The quantitative estimate of drug-likeness (QED) is 0.417. The maximum atomic E-state index is 5.50. The molecule has 1 aliphatic carbocycles. The van der Waals surface area contributed by atoms with Crippen LogP contribution in [0.1, 0.15) is 52.4 Å². The van der Waals surface area contributed by atoms with Crippen LogP contribution in [0.15, 0.2) is 12.7 Å². The van der Waals surface area contributed by atoms with Gasteiger partial charge in [-0.15, -0.1) is 6.58 Å². The van der Waals surface area contributed by atoms with Gasteiger partial charge in [0.1, 0.15) is 0 Å². The van der Waals surface area contributed by atoms with Crippen LogP contribution in [-0.2, 0) is 4.74 Å². The minimum Gasteiger partial charge on any atom is -0.380 e. The number of hydrogen-bond donors (Lipinski definition) is 1. The third kappa shape index (κ3) is 6.85. The molecule has 2 heteroatoms. The lowest BCUT2D eigenvalue weighted by Crippen LogP contribution is -2.31. The standard InChI is InChI=1S/C15H29NO/c1-4-5-12-17-13-11-16-14-7-6-9-15(2,3)10-8-14/h4,14,16H,1,5-13H2,2-3H3. The monoisotopic (exact) mass is 239 g/mol. The Labute approximate surface area is 107 Å². The van der Waals surface area contributed by atoms with Crippen molar-refractivity contribution in [2.45, 2.75) is 58.4 Å². The minimum absolute atomic E-state index is 0.552. The number of nitrogens with one attached hydrogen (secondary N) is 1. The first-order valence-electron chi connectivity index (χ1n) is 7.06. The smallest absolute Gasteiger partial charge is 0.0591 e. The normalized spacial score (nSPS) is 24.2. The van der Waals surface area contributed by atoms with Crippen LogP contribution in [-0.4, -0.2) is 25.8 Å². The predicted octanol–water partition coefficient (Wildman–Crippen LogP) is 3.53. The molecule has 0 aromatic heterocycles. The van der Waals surface area contributed by atoms with E-state index in [1.54, 1.807) is 0 Å². The Morgan fingerprint density at radius 3 is 2.88 bits per heavy atom. The van der Waals surface area contributed by atoms with Gasteiger partial charge in [0.2, 0.25) is 0 Å². The second-order valence-corrected chi connectivity index (χ2v) is 5.94.